The highest BCUT2D eigenvalue weighted by molar-refractivity contribution is 7.12. The molecule has 1 heterocycles. The quantitative estimate of drug-likeness (QED) is 0.898. The maximum Gasteiger partial charge on any atom is 0.246 e. The van der Waals surface area contributed by atoms with Crippen LogP contribution >= 0.6 is 11.3 Å². The predicted octanol–water partition coefficient (Wildman–Crippen LogP) is 2.80. The van der Waals surface area contributed by atoms with E-state index in [4.69, 9.17) is 4.74 Å². The van der Waals surface area contributed by atoms with E-state index in [2.05, 4.69) is 25.2 Å². The van der Waals surface area contributed by atoms with Crippen LogP contribution in [0.1, 0.15) is 36.1 Å². The first-order chi connectivity index (χ1) is 7.78. The van der Waals surface area contributed by atoms with Crippen molar-refractivity contribution < 1.29 is 9.53 Å². The van der Waals surface area contributed by atoms with Crippen molar-refractivity contribution in [3.8, 4) is 0 Å². The van der Waals surface area contributed by atoms with Crippen LogP contribution in [0.3, 0.4) is 0 Å². The first-order valence-corrected chi connectivity index (χ1v) is 6.56. The maximum atomic E-state index is 11.5. The summed E-state index contributed by atoms with van der Waals surface area (Å²) < 4.78 is 5.40. The Morgan fingerprint density at radius 2 is 2.06 bits per heavy atom. The van der Waals surface area contributed by atoms with Crippen molar-refractivity contribution in [1.29, 1.82) is 0 Å². The van der Waals surface area contributed by atoms with E-state index in [9.17, 15) is 4.79 Å². The van der Waals surface area contributed by atoms with Gasteiger partial charge in [-0.15, -0.1) is 11.3 Å². The second-order valence-electron chi connectivity index (χ2n) is 5.13. The van der Waals surface area contributed by atoms with Gasteiger partial charge in [-0.25, -0.2) is 0 Å². The highest BCUT2D eigenvalue weighted by Gasteiger charge is 2.12. The zero-order valence-corrected chi connectivity index (χ0v) is 12.0. The molecule has 0 aliphatic carbocycles. The maximum absolute atomic E-state index is 11.5. The molecule has 0 bridgehead atoms. The van der Waals surface area contributed by atoms with Gasteiger partial charge >= 0.3 is 0 Å². The Morgan fingerprint density at radius 1 is 1.41 bits per heavy atom. The number of rotatable bonds is 4. The fraction of sp³-hybridized carbons (Fsp3) is 0.615. The number of carbonyl (C=O) groups is 1. The van der Waals surface area contributed by atoms with Crippen molar-refractivity contribution in [2.75, 3.05) is 6.61 Å². The van der Waals surface area contributed by atoms with Gasteiger partial charge in [-0.3, -0.25) is 4.79 Å². The third-order valence-electron chi connectivity index (χ3n) is 2.31. The van der Waals surface area contributed by atoms with Crippen LogP contribution in [-0.4, -0.2) is 18.1 Å². The molecule has 0 aliphatic rings. The van der Waals surface area contributed by atoms with Crippen molar-refractivity contribution >= 4 is 17.2 Å². The molecule has 4 heteroatoms. The average molecular weight is 255 g/mol. The lowest BCUT2D eigenvalue weighted by Gasteiger charge is -2.18. The zero-order chi connectivity index (χ0) is 13.1. The summed E-state index contributed by atoms with van der Waals surface area (Å²) in [5.41, 5.74) is 1.01. The first-order valence-electron chi connectivity index (χ1n) is 5.74. The molecular weight excluding hydrogens is 234 g/mol. The Hall–Kier alpha value is -0.870. The molecule has 0 spiro atoms. The standard InChI is InChI=1S/C13H21NO2S/c1-9-6-11(17-10(9)2)7-14-12(15)8-16-13(3,4)5/h6H,7-8H2,1-5H3,(H,14,15). The van der Waals surface area contributed by atoms with Crippen molar-refractivity contribution in [2.24, 2.45) is 0 Å². The SMILES string of the molecule is Cc1cc(CNC(=O)COC(C)(C)C)sc1C. The van der Waals surface area contributed by atoms with Gasteiger partial charge in [0.1, 0.15) is 6.61 Å². The number of ether oxygens (including phenoxy) is 1. The highest BCUT2D eigenvalue weighted by atomic mass is 32.1. The molecule has 0 unspecified atom stereocenters. The Labute approximate surface area is 107 Å². The predicted molar refractivity (Wildman–Crippen MR) is 71.3 cm³/mol. The Balaban J connectivity index is 2.33. The van der Waals surface area contributed by atoms with Crippen LogP contribution in [0.2, 0.25) is 0 Å². The molecular formula is C13H21NO2S. The second kappa shape index (κ2) is 5.65. The Bertz CT molecular complexity index is 371. The number of thiophene rings is 1. The van der Waals surface area contributed by atoms with Gasteiger partial charge in [0.05, 0.1) is 12.1 Å². The molecule has 0 saturated heterocycles. The van der Waals surface area contributed by atoms with Crippen molar-refractivity contribution in [3.05, 3.63) is 21.4 Å². The molecule has 1 aromatic rings. The van der Waals surface area contributed by atoms with Gasteiger partial charge in [0.15, 0.2) is 0 Å². The minimum atomic E-state index is -0.270. The highest BCUT2D eigenvalue weighted by Crippen LogP contribution is 2.20. The Kier molecular flexibility index (Phi) is 4.71. The van der Waals surface area contributed by atoms with Gasteiger partial charge < -0.3 is 10.1 Å². The van der Waals surface area contributed by atoms with Crippen LogP contribution in [0.25, 0.3) is 0 Å². The van der Waals surface area contributed by atoms with Crippen molar-refractivity contribution in [1.82, 2.24) is 5.32 Å². The van der Waals surface area contributed by atoms with E-state index >= 15 is 0 Å². The summed E-state index contributed by atoms with van der Waals surface area (Å²) in [4.78, 5) is 14.0. The van der Waals surface area contributed by atoms with Gasteiger partial charge in [0.2, 0.25) is 5.91 Å². The summed E-state index contributed by atoms with van der Waals surface area (Å²) in [6.45, 7) is 10.7. The fourth-order valence-corrected chi connectivity index (χ4v) is 2.25. The van der Waals surface area contributed by atoms with Crippen molar-refractivity contribution in [3.63, 3.8) is 0 Å². The lowest BCUT2D eigenvalue weighted by Crippen LogP contribution is -2.31. The van der Waals surface area contributed by atoms with E-state index in [0.29, 0.717) is 6.54 Å². The summed E-state index contributed by atoms with van der Waals surface area (Å²) in [7, 11) is 0. The second-order valence-corrected chi connectivity index (χ2v) is 6.47. The summed E-state index contributed by atoms with van der Waals surface area (Å²) in [5.74, 6) is -0.0661. The minimum absolute atomic E-state index is 0.0661. The van der Waals surface area contributed by atoms with Crippen LogP contribution in [0.4, 0.5) is 0 Å². The van der Waals surface area contributed by atoms with E-state index in [1.807, 2.05) is 20.8 Å². The van der Waals surface area contributed by atoms with Crippen LogP contribution in [-0.2, 0) is 16.1 Å². The zero-order valence-electron chi connectivity index (χ0n) is 11.2. The largest absolute Gasteiger partial charge is 0.366 e. The summed E-state index contributed by atoms with van der Waals surface area (Å²) in [5, 5.41) is 2.86. The number of hydrogen-bond donors (Lipinski definition) is 1. The molecule has 0 aliphatic heterocycles. The van der Waals surface area contributed by atoms with Gasteiger partial charge in [-0.1, -0.05) is 0 Å². The topological polar surface area (TPSA) is 38.3 Å². The van der Waals surface area contributed by atoms with Crippen LogP contribution in [0, 0.1) is 13.8 Å². The molecule has 1 N–H and O–H groups in total. The molecule has 3 nitrogen and oxygen atoms in total. The minimum Gasteiger partial charge on any atom is -0.366 e. The Morgan fingerprint density at radius 3 is 2.53 bits per heavy atom. The van der Waals surface area contributed by atoms with Crippen LogP contribution in [0.5, 0.6) is 0 Å². The van der Waals surface area contributed by atoms with Gasteiger partial charge in [0.25, 0.3) is 0 Å². The number of nitrogens with one attached hydrogen (secondary N) is 1. The molecule has 96 valence electrons. The summed E-state index contributed by atoms with van der Waals surface area (Å²) in [6.07, 6.45) is 0. The molecule has 1 rings (SSSR count). The molecule has 0 radical (unpaired) electrons. The molecule has 1 aromatic heterocycles. The number of amides is 1. The molecule has 0 fully saturated rings. The van der Waals surface area contributed by atoms with E-state index in [1.54, 1.807) is 11.3 Å². The lowest BCUT2D eigenvalue weighted by molar-refractivity contribution is -0.130. The number of carbonyl (C=O) groups excluding carboxylic acids is 1. The van der Waals surface area contributed by atoms with Crippen LogP contribution in [0.15, 0.2) is 6.07 Å². The monoisotopic (exact) mass is 255 g/mol. The normalized spacial score (nSPS) is 11.6. The van der Waals surface area contributed by atoms with Gasteiger partial charge in [-0.2, -0.15) is 0 Å². The van der Waals surface area contributed by atoms with Gasteiger partial charge in [0, 0.05) is 9.75 Å². The lowest BCUT2D eigenvalue weighted by atomic mass is 10.2. The van der Waals surface area contributed by atoms with E-state index in [1.165, 1.54) is 15.3 Å². The molecule has 17 heavy (non-hydrogen) atoms. The molecule has 0 saturated carbocycles. The van der Waals surface area contributed by atoms with Crippen LogP contribution < -0.4 is 5.32 Å². The summed E-state index contributed by atoms with van der Waals surface area (Å²) in [6, 6.07) is 2.12. The molecule has 0 aromatic carbocycles. The number of aryl methyl sites for hydroxylation is 2. The fourth-order valence-electron chi connectivity index (χ4n) is 1.26. The van der Waals surface area contributed by atoms with E-state index in [0.717, 1.165) is 0 Å². The van der Waals surface area contributed by atoms with E-state index < -0.39 is 0 Å². The van der Waals surface area contributed by atoms with Gasteiger partial charge in [-0.05, 0) is 46.2 Å². The third-order valence-corrected chi connectivity index (χ3v) is 3.47. The first kappa shape index (κ1) is 14.2. The molecule has 1 amide bonds. The average Bonchev–Trinajstić information content (AvgIpc) is 2.51. The third kappa shape index (κ3) is 5.33. The molecule has 0 atom stereocenters. The van der Waals surface area contributed by atoms with Crippen molar-refractivity contribution in [2.45, 2.75) is 46.8 Å². The summed E-state index contributed by atoms with van der Waals surface area (Å²) >= 11 is 1.72. The van der Waals surface area contributed by atoms with E-state index in [-0.39, 0.29) is 18.1 Å². The number of hydrogen-bond acceptors (Lipinski definition) is 3. The smallest absolute Gasteiger partial charge is 0.246 e.